The fraction of sp³-hybridized carbons (Fsp3) is 0.526. The van der Waals surface area contributed by atoms with Gasteiger partial charge in [-0.25, -0.2) is 0 Å². The number of rotatable bonds is 2. The molecular weight excluding hydrogens is 260 g/mol. The summed E-state index contributed by atoms with van der Waals surface area (Å²) in [6.07, 6.45) is 2.92. The Balaban J connectivity index is 2.00. The molecule has 0 aromatic heterocycles. The Morgan fingerprint density at radius 3 is 2.33 bits per heavy atom. The molecule has 112 valence electrons. The lowest BCUT2D eigenvalue weighted by Gasteiger charge is -2.37. The SMILES string of the molecule is COc1ccc([C@H]2C[C@@]3(C)C(C)=CC(=O)[C@@]3(C)[C@@H]2C)cc1. The third-order valence-electron chi connectivity index (χ3n) is 6.56. The number of allylic oxidation sites excluding steroid dienone is 2. The number of carbonyl (C=O) groups is 1. The van der Waals surface area contributed by atoms with E-state index in [9.17, 15) is 4.79 Å². The van der Waals surface area contributed by atoms with Crippen molar-refractivity contribution in [2.75, 3.05) is 7.11 Å². The molecule has 0 saturated heterocycles. The van der Waals surface area contributed by atoms with Crippen LogP contribution in [-0.2, 0) is 4.79 Å². The van der Waals surface area contributed by atoms with E-state index in [2.05, 4.69) is 39.8 Å². The number of ether oxygens (including phenoxy) is 1. The Morgan fingerprint density at radius 2 is 1.81 bits per heavy atom. The van der Waals surface area contributed by atoms with Gasteiger partial charge in [-0.2, -0.15) is 0 Å². The molecule has 0 radical (unpaired) electrons. The number of methoxy groups -OCH3 is 1. The normalized spacial score (nSPS) is 38.3. The highest BCUT2D eigenvalue weighted by atomic mass is 16.5. The number of fused-ring (bicyclic) bond motifs is 1. The van der Waals surface area contributed by atoms with E-state index >= 15 is 0 Å². The minimum Gasteiger partial charge on any atom is -0.497 e. The molecule has 4 atom stereocenters. The summed E-state index contributed by atoms with van der Waals surface area (Å²) in [4.78, 5) is 12.6. The van der Waals surface area contributed by atoms with E-state index in [1.165, 1.54) is 11.1 Å². The molecule has 0 amide bonds. The largest absolute Gasteiger partial charge is 0.497 e. The van der Waals surface area contributed by atoms with E-state index < -0.39 is 0 Å². The topological polar surface area (TPSA) is 26.3 Å². The molecule has 21 heavy (non-hydrogen) atoms. The highest BCUT2D eigenvalue weighted by Gasteiger charge is 2.63. The molecule has 1 fully saturated rings. The lowest BCUT2D eigenvalue weighted by molar-refractivity contribution is -0.127. The van der Waals surface area contributed by atoms with Crippen LogP contribution in [0.2, 0.25) is 0 Å². The average Bonchev–Trinajstić information content (AvgIpc) is 2.80. The molecule has 1 aromatic rings. The molecule has 0 unspecified atom stereocenters. The van der Waals surface area contributed by atoms with Crippen molar-refractivity contribution in [2.24, 2.45) is 16.7 Å². The lowest BCUT2D eigenvalue weighted by atomic mass is 9.64. The third-order valence-corrected chi connectivity index (χ3v) is 6.56. The van der Waals surface area contributed by atoms with Crippen molar-refractivity contribution in [2.45, 2.75) is 40.0 Å². The molecule has 3 rings (SSSR count). The monoisotopic (exact) mass is 284 g/mol. The molecule has 2 aliphatic rings. The smallest absolute Gasteiger partial charge is 0.162 e. The van der Waals surface area contributed by atoms with Gasteiger partial charge in [0.1, 0.15) is 5.75 Å². The summed E-state index contributed by atoms with van der Waals surface area (Å²) in [6.45, 7) is 8.79. The van der Waals surface area contributed by atoms with Gasteiger partial charge >= 0.3 is 0 Å². The first-order chi connectivity index (χ1) is 9.84. The van der Waals surface area contributed by atoms with Crippen LogP contribution < -0.4 is 4.74 Å². The molecule has 0 spiro atoms. The summed E-state index contributed by atoms with van der Waals surface area (Å²) >= 11 is 0. The first kappa shape index (κ1) is 14.4. The van der Waals surface area contributed by atoms with Gasteiger partial charge in [0.05, 0.1) is 7.11 Å². The summed E-state index contributed by atoms with van der Waals surface area (Å²) in [7, 11) is 1.69. The van der Waals surface area contributed by atoms with Gasteiger partial charge < -0.3 is 4.74 Å². The van der Waals surface area contributed by atoms with E-state index in [1.807, 2.05) is 18.2 Å². The second kappa shape index (κ2) is 4.46. The first-order valence-corrected chi connectivity index (χ1v) is 7.72. The van der Waals surface area contributed by atoms with Gasteiger partial charge in [-0.1, -0.05) is 38.5 Å². The Morgan fingerprint density at radius 1 is 1.19 bits per heavy atom. The van der Waals surface area contributed by atoms with E-state index in [0.717, 1.165) is 12.2 Å². The molecular formula is C19H24O2. The van der Waals surface area contributed by atoms with Crippen molar-refractivity contribution in [3.05, 3.63) is 41.5 Å². The van der Waals surface area contributed by atoms with Crippen LogP contribution in [0.5, 0.6) is 5.75 Å². The maximum Gasteiger partial charge on any atom is 0.162 e. The van der Waals surface area contributed by atoms with Gasteiger partial charge in [-0.3, -0.25) is 4.79 Å². The summed E-state index contributed by atoms with van der Waals surface area (Å²) in [6, 6.07) is 8.34. The Bertz CT molecular complexity index is 613. The Hall–Kier alpha value is -1.57. The zero-order valence-electron chi connectivity index (χ0n) is 13.6. The number of benzene rings is 1. The number of hydrogen-bond donors (Lipinski definition) is 0. The van der Waals surface area contributed by atoms with Crippen LogP contribution in [0.25, 0.3) is 0 Å². The van der Waals surface area contributed by atoms with Crippen molar-refractivity contribution in [1.29, 1.82) is 0 Å². The van der Waals surface area contributed by atoms with Crippen LogP contribution in [0.15, 0.2) is 35.9 Å². The minimum absolute atomic E-state index is 0.00586. The van der Waals surface area contributed by atoms with Crippen LogP contribution in [0.1, 0.15) is 45.6 Å². The fourth-order valence-corrected chi connectivity index (χ4v) is 4.56. The lowest BCUT2D eigenvalue weighted by Crippen LogP contribution is -2.38. The summed E-state index contributed by atoms with van der Waals surface area (Å²) < 4.78 is 5.24. The standard InChI is InChI=1S/C19H24O2/c1-12-10-17(20)19(4)13(2)16(11-18(12,19)3)14-6-8-15(21-5)9-7-14/h6-10,13,16H,11H2,1-5H3/t13-,16+,18+,19-/m1/s1. The summed E-state index contributed by atoms with van der Waals surface area (Å²) in [5.74, 6) is 1.97. The van der Waals surface area contributed by atoms with Crippen molar-refractivity contribution in [3.63, 3.8) is 0 Å². The molecule has 0 heterocycles. The van der Waals surface area contributed by atoms with E-state index in [4.69, 9.17) is 4.74 Å². The predicted octanol–water partition coefficient (Wildman–Crippen LogP) is 4.36. The molecule has 0 aliphatic heterocycles. The first-order valence-electron chi connectivity index (χ1n) is 7.72. The second-order valence-corrected chi connectivity index (χ2v) is 7.10. The van der Waals surface area contributed by atoms with Gasteiger partial charge in [-0.15, -0.1) is 0 Å². The molecule has 2 nitrogen and oxygen atoms in total. The Kier molecular flexibility index (Phi) is 3.05. The highest BCUT2D eigenvalue weighted by molar-refractivity contribution is 6.00. The second-order valence-electron chi connectivity index (χ2n) is 7.10. The van der Waals surface area contributed by atoms with Crippen LogP contribution in [-0.4, -0.2) is 12.9 Å². The molecule has 1 aromatic carbocycles. The number of carbonyl (C=O) groups excluding carboxylic acids is 1. The van der Waals surface area contributed by atoms with Crippen molar-refractivity contribution in [3.8, 4) is 5.75 Å². The third kappa shape index (κ3) is 1.68. The molecule has 0 bridgehead atoms. The van der Waals surface area contributed by atoms with Crippen molar-refractivity contribution < 1.29 is 9.53 Å². The molecule has 2 heteroatoms. The average molecular weight is 284 g/mol. The Labute approximate surface area is 127 Å². The van der Waals surface area contributed by atoms with Crippen LogP contribution in [0.3, 0.4) is 0 Å². The maximum absolute atomic E-state index is 12.6. The maximum atomic E-state index is 12.6. The van der Waals surface area contributed by atoms with E-state index in [-0.39, 0.29) is 10.8 Å². The van der Waals surface area contributed by atoms with E-state index in [1.54, 1.807) is 7.11 Å². The fourth-order valence-electron chi connectivity index (χ4n) is 4.56. The summed E-state index contributed by atoms with van der Waals surface area (Å²) in [5.41, 5.74) is 2.30. The van der Waals surface area contributed by atoms with Crippen LogP contribution >= 0.6 is 0 Å². The van der Waals surface area contributed by atoms with Gasteiger partial charge in [-0.05, 0) is 49.0 Å². The zero-order valence-corrected chi connectivity index (χ0v) is 13.6. The molecule has 0 N–H and O–H groups in total. The van der Waals surface area contributed by atoms with Crippen molar-refractivity contribution >= 4 is 5.78 Å². The van der Waals surface area contributed by atoms with Gasteiger partial charge in [0.2, 0.25) is 0 Å². The van der Waals surface area contributed by atoms with Gasteiger partial charge in [0.25, 0.3) is 0 Å². The molecule has 2 aliphatic carbocycles. The highest BCUT2D eigenvalue weighted by Crippen LogP contribution is 2.67. The number of hydrogen-bond acceptors (Lipinski definition) is 2. The van der Waals surface area contributed by atoms with Gasteiger partial charge in [0.15, 0.2) is 5.78 Å². The minimum atomic E-state index is -0.262. The number of ketones is 1. The quantitative estimate of drug-likeness (QED) is 0.806. The van der Waals surface area contributed by atoms with Gasteiger partial charge in [0, 0.05) is 10.8 Å². The summed E-state index contributed by atoms with van der Waals surface area (Å²) in [5, 5.41) is 0. The zero-order chi connectivity index (χ0) is 15.4. The molecule has 1 saturated carbocycles. The van der Waals surface area contributed by atoms with Crippen LogP contribution in [0.4, 0.5) is 0 Å². The van der Waals surface area contributed by atoms with Crippen molar-refractivity contribution in [1.82, 2.24) is 0 Å². The predicted molar refractivity (Wildman–Crippen MR) is 84.5 cm³/mol. The van der Waals surface area contributed by atoms with E-state index in [0.29, 0.717) is 17.6 Å². The van der Waals surface area contributed by atoms with Crippen LogP contribution in [0, 0.1) is 16.7 Å².